The molecular weight excluding hydrogens is 713 g/mol. The number of nitrogens with one attached hydrogen (secondary N) is 1. The maximum atomic E-state index is 15.2. The van der Waals surface area contributed by atoms with E-state index >= 15 is 4.79 Å². The third-order valence-electron chi connectivity index (χ3n) is 20.7. The first-order valence-electron chi connectivity index (χ1n) is 23.5. The molecule has 0 bridgehead atoms. The van der Waals surface area contributed by atoms with Gasteiger partial charge in [-0.3, -0.25) is 19.2 Å². The Kier molecular flexibility index (Phi) is 9.81. The molecule has 0 unspecified atom stereocenters. The van der Waals surface area contributed by atoms with Gasteiger partial charge in [-0.1, -0.05) is 55.4 Å². The van der Waals surface area contributed by atoms with Crippen LogP contribution in [0.1, 0.15) is 178 Å². The predicted molar refractivity (Wildman–Crippen MR) is 222 cm³/mol. The smallest absolute Gasteiger partial charge is 0.309 e. The maximum absolute atomic E-state index is 15.2. The minimum Gasteiger partial charge on any atom is -0.481 e. The predicted octanol–water partition coefficient (Wildman–Crippen LogP) is 9.82. The zero-order valence-electron chi connectivity index (χ0n) is 37.5. The fraction of sp³-hybridized carbons (Fsp3) is 0.918. The van der Waals surface area contributed by atoms with Crippen LogP contribution in [0.25, 0.3) is 0 Å². The molecule has 8 nitrogen and oxygen atoms in total. The molecular formula is C49H78N2O6. The van der Waals surface area contributed by atoms with Gasteiger partial charge in [0.15, 0.2) is 0 Å². The minimum atomic E-state index is -1.15. The first kappa shape index (κ1) is 41.6. The Balaban J connectivity index is 1.02. The van der Waals surface area contributed by atoms with Gasteiger partial charge in [0.1, 0.15) is 6.10 Å². The molecule has 0 spiro atoms. The van der Waals surface area contributed by atoms with Crippen LogP contribution in [0.2, 0.25) is 0 Å². The van der Waals surface area contributed by atoms with E-state index in [2.05, 4.69) is 65.6 Å². The number of rotatable bonds is 8. The number of aliphatic carboxylic acids is 1. The molecule has 8 fully saturated rings. The number of carbonyl (C=O) groups is 4. The van der Waals surface area contributed by atoms with Crippen LogP contribution in [0.3, 0.4) is 0 Å². The molecule has 2 amide bonds. The van der Waals surface area contributed by atoms with Crippen molar-refractivity contribution in [2.75, 3.05) is 13.1 Å². The first-order valence-corrected chi connectivity index (χ1v) is 23.5. The summed E-state index contributed by atoms with van der Waals surface area (Å²) in [5.74, 6) is 1.75. The first-order chi connectivity index (χ1) is 26.5. The second-order valence-electron chi connectivity index (χ2n) is 24.4. The van der Waals surface area contributed by atoms with E-state index in [-0.39, 0.29) is 57.0 Å². The normalized spacial score (nSPS) is 45.2. The van der Waals surface area contributed by atoms with Gasteiger partial charge in [0.2, 0.25) is 11.8 Å². The van der Waals surface area contributed by atoms with Crippen molar-refractivity contribution in [3.05, 3.63) is 0 Å². The molecule has 7 aliphatic carbocycles. The van der Waals surface area contributed by atoms with Gasteiger partial charge in [-0.05, 0) is 173 Å². The van der Waals surface area contributed by atoms with E-state index in [1.807, 2.05) is 0 Å². The molecule has 0 aromatic heterocycles. The van der Waals surface area contributed by atoms with Crippen molar-refractivity contribution < 1.29 is 29.0 Å². The number of carboxylic acids is 1. The number of nitrogens with zero attached hydrogens (tertiary/aromatic N) is 1. The molecule has 57 heavy (non-hydrogen) atoms. The lowest BCUT2D eigenvalue weighted by Crippen LogP contribution is -2.68. The number of likely N-dealkylation sites (tertiary alicyclic amines) is 1. The van der Waals surface area contributed by atoms with Crippen LogP contribution in [0, 0.1) is 78.8 Å². The Hall–Kier alpha value is -2.12. The number of carboxylic acid groups (broad SMARTS) is 1. The van der Waals surface area contributed by atoms with Crippen LogP contribution in [0.4, 0.5) is 0 Å². The zero-order chi connectivity index (χ0) is 41.4. The summed E-state index contributed by atoms with van der Waals surface area (Å²) in [4.78, 5) is 55.9. The largest absolute Gasteiger partial charge is 0.481 e. The van der Waals surface area contributed by atoms with E-state index in [1.54, 1.807) is 13.8 Å². The second kappa shape index (κ2) is 13.4. The second-order valence-corrected chi connectivity index (χ2v) is 24.4. The lowest BCUT2D eigenvalue weighted by molar-refractivity contribution is -0.251. The van der Waals surface area contributed by atoms with Gasteiger partial charge < -0.3 is 20.1 Å². The van der Waals surface area contributed by atoms with E-state index < -0.39 is 17.4 Å². The van der Waals surface area contributed by atoms with E-state index in [1.165, 1.54) is 38.5 Å². The molecule has 0 aromatic rings. The summed E-state index contributed by atoms with van der Waals surface area (Å²) in [6, 6.07) is 0.0486. The monoisotopic (exact) mass is 791 g/mol. The molecule has 2 N–H and O–H groups in total. The SMILES string of the molecule is CC(C)(CC(=O)O[C@H]1CC[C@]2(C)[C@H]3CC[C@@H]4[C@H]5[C@H](C6(C)CC6)CC[C@]5(C(=O)N[C@@H]5C[C@H](C(=O)N6CCCCC6)C5(C)C)CC[C@@]4(C)[C@]3(C)CC[C@H]2C1(C)C)C(=O)O. The highest BCUT2D eigenvalue weighted by Gasteiger charge is 2.74. The van der Waals surface area contributed by atoms with E-state index in [0.29, 0.717) is 46.8 Å². The Morgan fingerprint density at radius 3 is 2.04 bits per heavy atom. The fourth-order valence-electron chi connectivity index (χ4n) is 16.4. The highest BCUT2D eigenvalue weighted by Crippen LogP contribution is 2.79. The Morgan fingerprint density at radius 2 is 1.40 bits per heavy atom. The number of esters is 1. The molecule has 0 aromatic carbocycles. The molecule has 8 aliphatic rings. The van der Waals surface area contributed by atoms with Gasteiger partial charge in [0.25, 0.3) is 0 Å². The number of amides is 2. The molecule has 8 rings (SSSR count). The summed E-state index contributed by atoms with van der Waals surface area (Å²) in [7, 11) is 0. The number of ether oxygens (including phenoxy) is 1. The molecule has 320 valence electrons. The molecule has 8 heteroatoms. The Labute approximate surface area is 344 Å². The third kappa shape index (κ3) is 6.05. The van der Waals surface area contributed by atoms with Crippen molar-refractivity contribution in [2.45, 2.75) is 191 Å². The molecule has 1 heterocycles. The van der Waals surface area contributed by atoms with Crippen molar-refractivity contribution in [3.8, 4) is 0 Å². The number of fused-ring (bicyclic) bond motifs is 7. The van der Waals surface area contributed by atoms with Gasteiger partial charge in [0, 0.05) is 30.5 Å². The van der Waals surface area contributed by atoms with Crippen LogP contribution >= 0.6 is 0 Å². The number of hydrogen-bond donors (Lipinski definition) is 2. The van der Waals surface area contributed by atoms with Crippen molar-refractivity contribution in [1.29, 1.82) is 0 Å². The maximum Gasteiger partial charge on any atom is 0.309 e. The van der Waals surface area contributed by atoms with Crippen molar-refractivity contribution in [3.63, 3.8) is 0 Å². The van der Waals surface area contributed by atoms with Crippen LogP contribution in [0.5, 0.6) is 0 Å². The topological polar surface area (TPSA) is 113 Å². The quantitative estimate of drug-likeness (QED) is 0.237. The molecule has 7 saturated carbocycles. The number of piperidine rings is 1. The average molecular weight is 791 g/mol. The summed E-state index contributed by atoms with van der Waals surface area (Å²) in [5.41, 5.74) is -1.14. The lowest BCUT2D eigenvalue weighted by Gasteiger charge is -2.73. The molecule has 12 atom stereocenters. The van der Waals surface area contributed by atoms with Crippen LogP contribution in [-0.4, -0.2) is 59.0 Å². The van der Waals surface area contributed by atoms with Gasteiger partial charge in [-0.15, -0.1) is 0 Å². The van der Waals surface area contributed by atoms with Crippen LogP contribution < -0.4 is 5.32 Å². The summed E-state index contributed by atoms with van der Waals surface area (Å²) in [5, 5.41) is 13.4. The van der Waals surface area contributed by atoms with Crippen molar-refractivity contribution in [1.82, 2.24) is 10.2 Å². The Morgan fingerprint density at radius 1 is 0.719 bits per heavy atom. The molecule has 0 radical (unpaired) electrons. The van der Waals surface area contributed by atoms with E-state index in [4.69, 9.17) is 4.74 Å². The van der Waals surface area contributed by atoms with E-state index in [0.717, 1.165) is 77.3 Å². The summed E-state index contributed by atoms with van der Waals surface area (Å²) in [6.45, 7) is 24.5. The zero-order valence-corrected chi connectivity index (χ0v) is 37.5. The lowest BCUT2D eigenvalue weighted by atomic mass is 9.32. The van der Waals surface area contributed by atoms with Gasteiger partial charge in [-0.2, -0.15) is 0 Å². The molecule has 1 saturated heterocycles. The van der Waals surface area contributed by atoms with Crippen LogP contribution in [0.15, 0.2) is 0 Å². The minimum absolute atomic E-state index is 0.00607. The highest BCUT2D eigenvalue weighted by atomic mass is 16.5. The fourth-order valence-corrected chi connectivity index (χ4v) is 16.4. The summed E-state index contributed by atoms with van der Waals surface area (Å²) in [6.07, 6.45) is 17.2. The highest BCUT2D eigenvalue weighted by molar-refractivity contribution is 5.86. The molecule has 1 aliphatic heterocycles. The standard InChI is InChI=1S/C49H78N2O6/c1-42(2,41(55)56)29-37(52)57-36-18-19-46(8)33(44(36,5)6)17-20-48(10)34(46)15-14-31-38-30(45(7)22-23-45)16-21-49(38,25-24-47(31,48)9)40(54)50-35-28-32(43(35,3)4)39(53)51-26-12-11-13-27-51/h30-36,38H,11-29H2,1-10H3,(H,50,54)(H,55,56)/t30-,31-,32-,33+,34-,35-,36+,38-,46+,47-,48-,49+/m1/s1. The number of hydrogen-bond acceptors (Lipinski definition) is 5. The van der Waals surface area contributed by atoms with Crippen molar-refractivity contribution in [2.24, 2.45) is 78.8 Å². The number of carbonyl (C=O) groups excluding carboxylic acids is 3. The van der Waals surface area contributed by atoms with Gasteiger partial charge in [-0.25, -0.2) is 0 Å². The van der Waals surface area contributed by atoms with Crippen molar-refractivity contribution >= 4 is 23.8 Å². The van der Waals surface area contributed by atoms with Crippen LogP contribution in [-0.2, 0) is 23.9 Å². The van der Waals surface area contributed by atoms with Gasteiger partial charge in [0.05, 0.1) is 17.3 Å². The third-order valence-corrected chi connectivity index (χ3v) is 20.7. The summed E-state index contributed by atoms with van der Waals surface area (Å²) < 4.78 is 6.22. The Bertz CT molecular complexity index is 1660. The summed E-state index contributed by atoms with van der Waals surface area (Å²) >= 11 is 0. The van der Waals surface area contributed by atoms with E-state index in [9.17, 15) is 19.5 Å². The average Bonchev–Trinajstić information content (AvgIpc) is 3.75. The van der Waals surface area contributed by atoms with Gasteiger partial charge >= 0.3 is 11.9 Å².